The first-order valence-electron chi connectivity index (χ1n) is 6.81. The van der Waals surface area contributed by atoms with Crippen molar-refractivity contribution in [3.63, 3.8) is 0 Å². The molecule has 0 spiro atoms. The lowest BCUT2D eigenvalue weighted by Gasteiger charge is -2.05. The fourth-order valence-electron chi connectivity index (χ4n) is 2.07. The average Bonchev–Trinajstić information content (AvgIpc) is 3.15. The lowest BCUT2D eigenvalue weighted by molar-refractivity contribution is 0.0958. The summed E-state index contributed by atoms with van der Waals surface area (Å²) in [5.41, 5.74) is 1.01. The Balaban J connectivity index is 1.53. The molecular weight excluding hydrogens is 327 g/mol. The highest BCUT2D eigenvalue weighted by Crippen LogP contribution is 2.41. The van der Waals surface area contributed by atoms with Gasteiger partial charge >= 0.3 is 0 Å². The van der Waals surface area contributed by atoms with Gasteiger partial charge in [0.15, 0.2) is 0 Å². The highest BCUT2D eigenvalue weighted by atomic mass is 35.5. The van der Waals surface area contributed by atoms with Crippen molar-refractivity contribution < 1.29 is 4.79 Å². The van der Waals surface area contributed by atoms with Gasteiger partial charge in [0.1, 0.15) is 4.88 Å². The number of hydrogen-bond acceptors (Lipinski definition) is 3. The van der Waals surface area contributed by atoms with Crippen LogP contribution in [0.25, 0.3) is 0 Å². The minimum absolute atomic E-state index is 0.0625. The second kappa shape index (κ2) is 6.34. The van der Waals surface area contributed by atoms with E-state index in [2.05, 4.69) is 10.3 Å². The first-order valence-corrected chi connectivity index (χ1v) is 8.38. The van der Waals surface area contributed by atoms with Gasteiger partial charge in [0.25, 0.3) is 5.91 Å². The van der Waals surface area contributed by atoms with E-state index >= 15 is 0 Å². The summed E-state index contributed by atoms with van der Waals surface area (Å²) < 4.78 is 0. The predicted octanol–water partition coefficient (Wildman–Crippen LogP) is 4.30. The summed E-state index contributed by atoms with van der Waals surface area (Å²) in [6.07, 6.45) is 4.76. The van der Waals surface area contributed by atoms with E-state index in [1.54, 1.807) is 12.3 Å². The second-order valence-electron chi connectivity index (χ2n) is 5.12. The zero-order chi connectivity index (χ0) is 14.8. The van der Waals surface area contributed by atoms with Crippen molar-refractivity contribution in [1.29, 1.82) is 0 Å². The quantitative estimate of drug-likeness (QED) is 0.881. The van der Waals surface area contributed by atoms with Crippen LogP contribution in [0.4, 0.5) is 0 Å². The van der Waals surface area contributed by atoms with E-state index in [9.17, 15) is 4.79 Å². The van der Waals surface area contributed by atoms with Crippen LogP contribution >= 0.6 is 34.5 Å². The molecule has 1 aromatic carbocycles. The maximum atomic E-state index is 12.0. The van der Waals surface area contributed by atoms with Crippen LogP contribution in [0, 0.1) is 0 Å². The molecule has 0 aliphatic heterocycles. The molecule has 1 aliphatic carbocycles. The van der Waals surface area contributed by atoms with Crippen LogP contribution < -0.4 is 5.32 Å². The largest absolute Gasteiger partial charge is 0.351 e. The molecule has 1 fully saturated rings. The summed E-state index contributed by atoms with van der Waals surface area (Å²) >= 11 is 13.4. The minimum atomic E-state index is -0.0625. The normalized spacial score (nSPS) is 14.2. The summed E-state index contributed by atoms with van der Waals surface area (Å²) in [5.74, 6) is 0.526. The number of carbonyl (C=O) groups excluding carboxylic acids is 1. The standard InChI is InChI=1S/C15H14Cl2N2OS/c16-11-5-9(6-12(17)7-11)3-4-18-14(20)13-8-19-15(21-13)10-1-2-10/h5-8,10H,1-4H2,(H,18,20). The third-order valence-electron chi connectivity index (χ3n) is 3.30. The summed E-state index contributed by atoms with van der Waals surface area (Å²) in [6, 6.07) is 5.41. The highest BCUT2D eigenvalue weighted by molar-refractivity contribution is 7.13. The number of halogens is 2. The van der Waals surface area contributed by atoms with E-state index in [-0.39, 0.29) is 5.91 Å². The number of hydrogen-bond donors (Lipinski definition) is 1. The topological polar surface area (TPSA) is 42.0 Å². The Morgan fingerprint density at radius 3 is 2.67 bits per heavy atom. The van der Waals surface area contributed by atoms with Gasteiger partial charge < -0.3 is 5.32 Å². The van der Waals surface area contributed by atoms with Gasteiger partial charge in [-0.2, -0.15) is 0 Å². The average molecular weight is 341 g/mol. The first-order chi connectivity index (χ1) is 10.1. The van der Waals surface area contributed by atoms with Crippen molar-refractivity contribution in [2.24, 2.45) is 0 Å². The molecule has 21 heavy (non-hydrogen) atoms. The molecule has 110 valence electrons. The molecule has 0 bridgehead atoms. The molecule has 1 aromatic heterocycles. The predicted molar refractivity (Wildman–Crippen MR) is 86.6 cm³/mol. The fourth-order valence-corrected chi connectivity index (χ4v) is 3.65. The van der Waals surface area contributed by atoms with Crippen LogP contribution in [0.5, 0.6) is 0 Å². The highest BCUT2D eigenvalue weighted by Gasteiger charge is 2.27. The van der Waals surface area contributed by atoms with Gasteiger partial charge in [-0.3, -0.25) is 4.79 Å². The van der Waals surface area contributed by atoms with Crippen LogP contribution in [-0.2, 0) is 6.42 Å². The van der Waals surface area contributed by atoms with E-state index in [1.807, 2.05) is 12.1 Å². The van der Waals surface area contributed by atoms with Gasteiger partial charge in [-0.25, -0.2) is 4.98 Å². The molecular formula is C15H14Cl2N2OS. The minimum Gasteiger partial charge on any atom is -0.351 e. The molecule has 3 rings (SSSR count). The summed E-state index contributed by atoms with van der Waals surface area (Å²) in [6.45, 7) is 0.548. The monoisotopic (exact) mass is 340 g/mol. The molecule has 1 aliphatic rings. The Morgan fingerprint density at radius 1 is 1.29 bits per heavy atom. The fraction of sp³-hybridized carbons (Fsp3) is 0.333. The number of nitrogens with zero attached hydrogens (tertiary/aromatic N) is 1. The van der Waals surface area contributed by atoms with Crippen LogP contribution in [0.1, 0.15) is 39.0 Å². The Morgan fingerprint density at radius 2 is 2.00 bits per heavy atom. The Labute approximate surface area is 137 Å². The van der Waals surface area contributed by atoms with Crippen LogP contribution in [0.3, 0.4) is 0 Å². The molecule has 1 heterocycles. The van der Waals surface area contributed by atoms with Gasteiger partial charge in [0.2, 0.25) is 0 Å². The lowest BCUT2D eigenvalue weighted by atomic mass is 10.1. The molecule has 3 nitrogen and oxygen atoms in total. The molecule has 0 unspecified atom stereocenters. The summed E-state index contributed by atoms with van der Waals surface area (Å²) in [7, 11) is 0. The molecule has 1 amide bonds. The number of nitrogens with one attached hydrogen (secondary N) is 1. The Hall–Kier alpha value is -1.10. The molecule has 6 heteroatoms. The maximum absolute atomic E-state index is 12.0. The van der Waals surface area contributed by atoms with Crippen molar-refractivity contribution in [2.45, 2.75) is 25.2 Å². The van der Waals surface area contributed by atoms with E-state index in [0.29, 0.717) is 33.8 Å². The zero-order valence-electron chi connectivity index (χ0n) is 11.2. The molecule has 0 saturated heterocycles. The zero-order valence-corrected chi connectivity index (χ0v) is 13.6. The summed E-state index contributed by atoms with van der Waals surface area (Å²) in [4.78, 5) is 17.0. The molecule has 0 atom stereocenters. The van der Waals surface area contributed by atoms with E-state index in [0.717, 1.165) is 10.6 Å². The Kier molecular flexibility index (Phi) is 4.48. The number of amides is 1. The molecule has 1 N–H and O–H groups in total. The number of rotatable bonds is 5. The van der Waals surface area contributed by atoms with E-state index in [4.69, 9.17) is 23.2 Å². The van der Waals surface area contributed by atoms with Crippen molar-refractivity contribution in [2.75, 3.05) is 6.54 Å². The van der Waals surface area contributed by atoms with Crippen molar-refractivity contribution in [3.05, 3.63) is 49.9 Å². The second-order valence-corrected chi connectivity index (χ2v) is 7.06. The van der Waals surface area contributed by atoms with Gasteiger partial charge in [0, 0.05) is 22.5 Å². The maximum Gasteiger partial charge on any atom is 0.263 e. The first kappa shape index (κ1) is 14.8. The SMILES string of the molecule is O=C(NCCc1cc(Cl)cc(Cl)c1)c1cnc(C2CC2)s1. The van der Waals surface area contributed by atoms with Crippen LogP contribution in [0.15, 0.2) is 24.4 Å². The smallest absolute Gasteiger partial charge is 0.263 e. The third kappa shape index (κ3) is 3.96. The van der Waals surface area contributed by atoms with Gasteiger partial charge in [-0.1, -0.05) is 23.2 Å². The number of aromatic nitrogens is 1. The van der Waals surface area contributed by atoms with E-state index in [1.165, 1.54) is 24.2 Å². The number of carbonyl (C=O) groups is 1. The van der Waals surface area contributed by atoms with Gasteiger partial charge in [-0.15, -0.1) is 11.3 Å². The number of benzene rings is 1. The van der Waals surface area contributed by atoms with Gasteiger partial charge in [-0.05, 0) is 43.0 Å². The van der Waals surface area contributed by atoms with Crippen LogP contribution in [0.2, 0.25) is 10.0 Å². The van der Waals surface area contributed by atoms with Gasteiger partial charge in [0.05, 0.1) is 11.2 Å². The van der Waals surface area contributed by atoms with Crippen molar-refractivity contribution >= 4 is 40.4 Å². The Bertz CT molecular complexity index is 647. The number of thiazole rings is 1. The van der Waals surface area contributed by atoms with Crippen molar-refractivity contribution in [1.82, 2.24) is 10.3 Å². The van der Waals surface area contributed by atoms with Crippen LogP contribution in [-0.4, -0.2) is 17.4 Å². The lowest BCUT2D eigenvalue weighted by Crippen LogP contribution is -2.24. The summed E-state index contributed by atoms with van der Waals surface area (Å²) in [5, 5.41) is 5.21. The molecule has 1 saturated carbocycles. The van der Waals surface area contributed by atoms with E-state index < -0.39 is 0 Å². The van der Waals surface area contributed by atoms with Crippen molar-refractivity contribution in [3.8, 4) is 0 Å². The molecule has 2 aromatic rings. The molecule has 0 radical (unpaired) electrons. The third-order valence-corrected chi connectivity index (χ3v) is 4.89.